The van der Waals surface area contributed by atoms with Gasteiger partial charge in [-0.2, -0.15) is 0 Å². The van der Waals surface area contributed by atoms with Gasteiger partial charge in [-0.1, -0.05) is 175 Å². The Bertz CT molecular complexity index is 3270. The van der Waals surface area contributed by atoms with Crippen molar-refractivity contribution in [2.75, 3.05) is 0 Å². The minimum Gasteiger partial charge on any atom is -0.452 e. The van der Waals surface area contributed by atoms with E-state index < -0.39 is 0 Å². The molecule has 3 heteroatoms. The third-order valence-electron chi connectivity index (χ3n) is 13.9. The number of nitrogens with zero attached hydrogens (tertiary/aromatic N) is 2. The van der Waals surface area contributed by atoms with Crippen LogP contribution in [-0.4, -0.2) is 9.97 Å². The molecule has 0 bridgehead atoms. The van der Waals surface area contributed by atoms with E-state index in [0.29, 0.717) is 11.4 Å². The Morgan fingerprint density at radius 3 is 1.59 bits per heavy atom. The first-order chi connectivity index (χ1) is 28.0. The Kier molecular flexibility index (Phi) is 6.53. The first-order valence-corrected chi connectivity index (χ1v) is 20.5. The van der Waals surface area contributed by atoms with E-state index in [9.17, 15) is 0 Å². The van der Waals surface area contributed by atoms with Crippen LogP contribution >= 0.6 is 0 Å². The van der Waals surface area contributed by atoms with Gasteiger partial charge in [0.05, 0.1) is 0 Å². The lowest BCUT2D eigenvalue weighted by Crippen LogP contribution is -2.16. The molecule has 3 nitrogen and oxygen atoms in total. The molecule has 0 aliphatic heterocycles. The number of rotatable bonds is 3. The van der Waals surface area contributed by atoms with Crippen molar-refractivity contribution in [3.8, 4) is 67.2 Å². The van der Waals surface area contributed by atoms with E-state index in [1.807, 2.05) is 0 Å². The molecule has 0 spiro atoms. The summed E-state index contributed by atoms with van der Waals surface area (Å²) in [5, 5.41) is 0.991. The Labute approximate surface area is 339 Å². The number of benzene rings is 7. The first-order valence-electron chi connectivity index (χ1n) is 20.5. The van der Waals surface area contributed by atoms with Crippen molar-refractivity contribution in [2.45, 2.75) is 57.8 Å². The lowest BCUT2D eigenvalue weighted by Gasteiger charge is -2.24. The number of fused-ring (bicyclic) bond motifs is 12. The predicted octanol–water partition coefficient (Wildman–Crippen LogP) is 14.3. The molecule has 0 saturated carbocycles. The van der Waals surface area contributed by atoms with E-state index in [0.717, 1.165) is 38.9 Å². The number of aromatic nitrogens is 2. The molecular formula is C55H42N2O. The highest BCUT2D eigenvalue weighted by atomic mass is 16.3. The SMILES string of the molecule is CC1(C)c2ccccc2-c2c(-c3nc(-c4cccc5c4-c4ccccc4C5(C)C)c4oc5ccc(-c6cccc7c6C(C)(C)c6ccccc6-7)cc5c4n3)cccc21. The summed E-state index contributed by atoms with van der Waals surface area (Å²) in [5.41, 5.74) is 22.8. The van der Waals surface area contributed by atoms with Gasteiger partial charge in [0.1, 0.15) is 16.8 Å². The van der Waals surface area contributed by atoms with E-state index in [-0.39, 0.29) is 16.2 Å². The fraction of sp³-hybridized carbons (Fsp3) is 0.164. The summed E-state index contributed by atoms with van der Waals surface area (Å²) in [6.45, 7) is 14.0. The van der Waals surface area contributed by atoms with E-state index >= 15 is 0 Å². The molecule has 0 saturated heterocycles. The Hall–Kier alpha value is -6.58. The number of furan rings is 1. The van der Waals surface area contributed by atoms with E-state index in [1.165, 1.54) is 72.3 Å². The van der Waals surface area contributed by atoms with Crippen LogP contribution in [0.15, 0.2) is 150 Å². The molecule has 278 valence electrons. The predicted molar refractivity (Wildman–Crippen MR) is 238 cm³/mol. The van der Waals surface area contributed by atoms with Crippen LogP contribution in [-0.2, 0) is 16.2 Å². The molecule has 0 unspecified atom stereocenters. The summed E-state index contributed by atoms with van der Waals surface area (Å²) in [6.07, 6.45) is 0. The van der Waals surface area contributed by atoms with Gasteiger partial charge in [0.2, 0.25) is 0 Å². The molecule has 0 amide bonds. The molecule has 58 heavy (non-hydrogen) atoms. The lowest BCUT2D eigenvalue weighted by atomic mass is 9.79. The fourth-order valence-corrected chi connectivity index (χ4v) is 11.1. The van der Waals surface area contributed by atoms with Gasteiger partial charge >= 0.3 is 0 Å². The molecular weight excluding hydrogens is 705 g/mol. The lowest BCUT2D eigenvalue weighted by molar-refractivity contribution is 0.660. The fourth-order valence-electron chi connectivity index (χ4n) is 11.1. The summed E-state index contributed by atoms with van der Waals surface area (Å²) in [6, 6.07) is 53.3. The topological polar surface area (TPSA) is 38.9 Å². The summed E-state index contributed by atoms with van der Waals surface area (Å²) >= 11 is 0. The normalized spacial score (nSPS) is 15.8. The van der Waals surface area contributed by atoms with Crippen LogP contribution in [0.5, 0.6) is 0 Å². The van der Waals surface area contributed by atoms with Crippen molar-refractivity contribution < 1.29 is 4.42 Å². The molecule has 0 fully saturated rings. The van der Waals surface area contributed by atoms with E-state index in [4.69, 9.17) is 14.4 Å². The van der Waals surface area contributed by atoms with Gasteiger partial charge in [-0.15, -0.1) is 0 Å². The van der Waals surface area contributed by atoms with Crippen molar-refractivity contribution in [2.24, 2.45) is 0 Å². The standard InChI is InChI=1S/C55H42N2O/c1-53(2)41-24-11-8-17-35(41)46-37(21-14-26-43(46)53)49-51-50(57-52(56-49)38-22-15-27-44-47(38)36-18-9-12-25-42(36)54(44,3)4)39-30-31(28-29-45(39)58-51)32-19-13-20-34-33-16-7-10-23-40(33)55(5,6)48(32)34/h7-30H,1-6H3. The van der Waals surface area contributed by atoms with Crippen molar-refractivity contribution in [1.82, 2.24) is 9.97 Å². The highest BCUT2D eigenvalue weighted by Crippen LogP contribution is 2.56. The highest BCUT2D eigenvalue weighted by Gasteiger charge is 2.40. The maximum atomic E-state index is 6.96. The van der Waals surface area contributed by atoms with Gasteiger partial charge in [-0.05, 0) is 90.0 Å². The van der Waals surface area contributed by atoms with Crippen LogP contribution in [0, 0.1) is 0 Å². The van der Waals surface area contributed by atoms with E-state index in [2.05, 4.69) is 187 Å². The van der Waals surface area contributed by atoms with Gasteiger partial charge in [-0.25, -0.2) is 9.97 Å². The van der Waals surface area contributed by atoms with E-state index in [1.54, 1.807) is 0 Å². The average molecular weight is 747 g/mol. The monoisotopic (exact) mass is 746 g/mol. The van der Waals surface area contributed by atoms with Crippen LogP contribution in [0.25, 0.3) is 89.2 Å². The van der Waals surface area contributed by atoms with Crippen LogP contribution < -0.4 is 0 Å². The van der Waals surface area contributed by atoms with Crippen LogP contribution in [0.2, 0.25) is 0 Å². The summed E-state index contributed by atoms with van der Waals surface area (Å²) < 4.78 is 6.96. The zero-order valence-electron chi connectivity index (χ0n) is 33.7. The number of hydrogen-bond donors (Lipinski definition) is 0. The van der Waals surface area contributed by atoms with Gasteiger partial charge < -0.3 is 4.42 Å². The smallest absolute Gasteiger partial charge is 0.180 e. The van der Waals surface area contributed by atoms with Gasteiger partial charge in [0, 0.05) is 32.8 Å². The maximum Gasteiger partial charge on any atom is 0.180 e. The molecule has 3 aliphatic carbocycles. The second-order valence-electron chi connectivity index (χ2n) is 18.1. The molecule has 7 aromatic carbocycles. The molecule has 0 atom stereocenters. The van der Waals surface area contributed by atoms with Gasteiger partial charge in [0.25, 0.3) is 0 Å². The second kappa shape index (κ2) is 11.3. The van der Waals surface area contributed by atoms with Gasteiger partial charge in [-0.3, -0.25) is 0 Å². The highest BCUT2D eigenvalue weighted by molar-refractivity contribution is 6.10. The second-order valence-corrected chi connectivity index (χ2v) is 18.1. The van der Waals surface area contributed by atoms with Crippen LogP contribution in [0.3, 0.4) is 0 Å². The van der Waals surface area contributed by atoms with Crippen molar-refractivity contribution in [3.63, 3.8) is 0 Å². The molecule has 12 rings (SSSR count). The third kappa shape index (κ3) is 4.23. The zero-order valence-corrected chi connectivity index (χ0v) is 33.7. The minimum absolute atomic E-state index is 0.145. The average Bonchev–Trinajstić information content (AvgIpc) is 3.89. The Morgan fingerprint density at radius 1 is 0.414 bits per heavy atom. The number of hydrogen-bond acceptors (Lipinski definition) is 3. The van der Waals surface area contributed by atoms with Crippen molar-refractivity contribution in [1.29, 1.82) is 0 Å². The van der Waals surface area contributed by atoms with Gasteiger partial charge in [0.15, 0.2) is 11.4 Å². The quantitative estimate of drug-likeness (QED) is 0.181. The summed E-state index contributed by atoms with van der Waals surface area (Å²) in [4.78, 5) is 11.1. The molecule has 2 aromatic heterocycles. The molecule has 0 radical (unpaired) electrons. The maximum absolute atomic E-state index is 6.96. The largest absolute Gasteiger partial charge is 0.452 e. The molecule has 9 aromatic rings. The minimum atomic E-state index is -0.154. The van der Waals surface area contributed by atoms with Crippen molar-refractivity contribution >= 4 is 22.1 Å². The summed E-state index contributed by atoms with van der Waals surface area (Å²) in [5.74, 6) is 0.709. The molecule has 2 heterocycles. The van der Waals surface area contributed by atoms with Crippen LogP contribution in [0.1, 0.15) is 74.9 Å². The third-order valence-corrected chi connectivity index (χ3v) is 13.9. The first kappa shape index (κ1) is 33.5. The zero-order chi connectivity index (χ0) is 39.3. The Morgan fingerprint density at radius 2 is 0.914 bits per heavy atom. The van der Waals surface area contributed by atoms with Crippen molar-refractivity contribution in [3.05, 3.63) is 179 Å². The molecule has 0 N–H and O–H groups in total. The Balaban J connectivity index is 1.16. The van der Waals surface area contributed by atoms with Crippen LogP contribution in [0.4, 0.5) is 0 Å². The summed E-state index contributed by atoms with van der Waals surface area (Å²) in [7, 11) is 0. The molecule has 3 aliphatic rings.